The van der Waals surface area contributed by atoms with Crippen molar-refractivity contribution >= 4 is 11.6 Å². The molecule has 4 aromatic rings. The molecule has 0 unspecified atom stereocenters. The molecule has 27 heavy (non-hydrogen) atoms. The molecule has 0 saturated carbocycles. The Labute approximate surface area is 155 Å². The van der Waals surface area contributed by atoms with E-state index in [1.54, 1.807) is 18.6 Å². The van der Waals surface area contributed by atoms with Crippen molar-refractivity contribution in [3.8, 4) is 11.3 Å². The second-order valence-electron chi connectivity index (χ2n) is 6.60. The maximum Gasteiger partial charge on any atom is 0.225 e. The van der Waals surface area contributed by atoms with Gasteiger partial charge in [-0.2, -0.15) is 9.61 Å². The summed E-state index contributed by atoms with van der Waals surface area (Å²) in [5.41, 5.74) is 2.62. The van der Waals surface area contributed by atoms with Crippen LogP contribution in [-0.2, 0) is 0 Å². The second kappa shape index (κ2) is 6.71. The molecule has 0 bridgehead atoms. The van der Waals surface area contributed by atoms with Crippen LogP contribution in [0.15, 0.2) is 55.1 Å². The van der Waals surface area contributed by atoms with Crippen molar-refractivity contribution in [1.29, 1.82) is 0 Å². The fourth-order valence-corrected chi connectivity index (χ4v) is 3.52. The highest BCUT2D eigenvalue weighted by molar-refractivity contribution is 5.58. The Balaban J connectivity index is 1.41. The molecule has 5 rings (SSSR count). The number of nitrogens with zero attached hydrogens (tertiary/aromatic N) is 8. The summed E-state index contributed by atoms with van der Waals surface area (Å²) in [5.74, 6) is 2.03. The first-order chi connectivity index (χ1) is 13.4. The average Bonchev–Trinajstić information content (AvgIpc) is 3.18. The van der Waals surface area contributed by atoms with Gasteiger partial charge in [0.2, 0.25) is 5.95 Å². The van der Waals surface area contributed by atoms with Crippen molar-refractivity contribution < 1.29 is 0 Å². The number of pyridine rings is 1. The number of fused-ring (bicyclic) bond motifs is 1. The van der Waals surface area contributed by atoms with E-state index >= 15 is 0 Å². The molecule has 0 N–H and O–H groups in total. The Morgan fingerprint density at radius 3 is 2.52 bits per heavy atom. The van der Waals surface area contributed by atoms with Gasteiger partial charge in [0.1, 0.15) is 0 Å². The third-order valence-corrected chi connectivity index (χ3v) is 4.94. The molecule has 0 aliphatic carbocycles. The van der Waals surface area contributed by atoms with Gasteiger partial charge in [0.25, 0.3) is 0 Å². The van der Waals surface area contributed by atoms with E-state index in [0.29, 0.717) is 5.92 Å². The summed E-state index contributed by atoms with van der Waals surface area (Å²) >= 11 is 0. The molecule has 1 aliphatic heterocycles. The molecule has 1 fully saturated rings. The Hall–Kier alpha value is -3.42. The predicted molar refractivity (Wildman–Crippen MR) is 100 cm³/mol. The normalized spacial score (nSPS) is 15.3. The Bertz CT molecular complexity index is 1040. The number of anilines is 1. The molecule has 8 nitrogen and oxygen atoms in total. The minimum Gasteiger partial charge on any atom is -0.341 e. The molecule has 1 saturated heterocycles. The standard InChI is InChI=1S/C19H18N8/c1-3-15(13-20-8-1)16-4-5-17-23-24-18(27(17)25-16)14-6-11-26(12-7-14)19-21-9-2-10-22-19/h1-5,8-10,13-14H,6-7,11-12H2. The molecule has 5 heterocycles. The average molecular weight is 358 g/mol. The van der Waals surface area contributed by atoms with Gasteiger partial charge in [-0.1, -0.05) is 0 Å². The summed E-state index contributed by atoms with van der Waals surface area (Å²) in [6, 6.07) is 9.67. The van der Waals surface area contributed by atoms with Gasteiger partial charge in [-0.05, 0) is 43.2 Å². The zero-order chi connectivity index (χ0) is 18.1. The highest BCUT2D eigenvalue weighted by atomic mass is 15.4. The highest BCUT2D eigenvalue weighted by Crippen LogP contribution is 2.28. The van der Waals surface area contributed by atoms with Crippen molar-refractivity contribution in [2.75, 3.05) is 18.0 Å². The lowest BCUT2D eigenvalue weighted by atomic mass is 9.96. The summed E-state index contributed by atoms with van der Waals surface area (Å²) in [6.45, 7) is 1.79. The Kier molecular flexibility index (Phi) is 3.93. The van der Waals surface area contributed by atoms with Crippen molar-refractivity contribution in [3.05, 3.63) is 60.9 Å². The molecule has 0 atom stereocenters. The molecule has 0 radical (unpaired) electrons. The molecular formula is C19H18N8. The van der Waals surface area contributed by atoms with Crippen LogP contribution in [-0.4, -0.2) is 47.9 Å². The maximum atomic E-state index is 4.77. The minimum atomic E-state index is 0.316. The van der Waals surface area contributed by atoms with Crippen molar-refractivity contribution in [2.45, 2.75) is 18.8 Å². The topological polar surface area (TPSA) is 85.0 Å². The number of hydrogen-bond donors (Lipinski definition) is 0. The van der Waals surface area contributed by atoms with Gasteiger partial charge in [0.05, 0.1) is 5.69 Å². The van der Waals surface area contributed by atoms with Crippen LogP contribution < -0.4 is 4.90 Å². The van der Waals surface area contributed by atoms with Gasteiger partial charge < -0.3 is 4.90 Å². The van der Waals surface area contributed by atoms with Crippen LogP contribution in [0.25, 0.3) is 16.9 Å². The predicted octanol–water partition coefficient (Wildman–Crippen LogP) is 2.36. The smallest absolute Gasteiger partial charge is 0.225 e. The van der Waals surface area contributed by atoms with Crippen LogP contribution >= 0.6 is 0 Å². The molecule has 4 aromatic heterocycles. The van der Waals surface area contributed by atoms with Gasteiger partial charge in [-0.3, -0.25) is 4.98 Å². The monoisotopic (exact) mass is 358 g/mol. The first-order valence-corrected chi connectivity index (χ1v) is 9.03. The van der Waals surface area contributed by atoms with Crippen LogP contribution in [0, 0.1) is 0 Å². The Morgan fingerprint density at radius 1 is 0.889 bits per heavy atom. The van der Waals surface area contributed by atoms with Crippen LogP contribution in [0.2, 0.25) is 0 Å². The highest BCUT2D eigenvalue weighted by Gasteiger charge is 2.26. The zero-order valence-electron chi connectivity index (χ0n) is 14.7. The van der Waals surface area contributed by atoms with E-state index in [1.165, 1.54) is 0 Å². The lowest BCUT2D eigenvalue weighted by Gasteiger charge is -2.30. The molecule has 0 aromatic carbocycles. The van der Waals surface area contributed by atoms with E-state index in [-0.39, 0.29) is 0 Å². The number of piperidine rings is 1. The first kappa shape index (κ1) is 15.8. The molecule has 1 aliphatic rings. The first-order valence-electron chi connectivity index (χ1n) is 9.03. The fraction of sp³-hybridized carbons (Fsp3) is 0.263. The van der Waals surface area contributed by atoms with Crippen LogP contribution in [0.1, 0.15) is 24.6 Å². The zero-order valence-corrected chi connectivity index (χ0v) is 14.7. The number of aromatic nitrogens is 7. The van der Waals surface area contributed by atoms with Gasteiger partial charge >= 0.3 is 0 Å². The largest absolute Gasteiger partial charge is 0.341 e. The van der Waals surface area contributed by atoms with E-state index in [4.69, 9.17) is 5.10 Å². The van der Waals surface area contributed by atoms with E-state index in [9.17, 15) is 0 Å². The van der Waals surface area contributed by atoms with E-state index in [1.807, 2.05) is 41.0 Å². The van der Waals surface area contributed by atoms with Crippen molar-refractivity contribution in [1.82, 2.24) is 34.8 Å². The van der Waals surface area contributed by atoms with E-state index in [0.717, 1.165) is 54.6 Å². The van der Waals surface area contributed by atoms with Gasteiger partial charge in [-0.25, -0.2) is 9.97 Å². The lowest BCUT2D eigenvalue weighted by Crippen LogP contribution is -2.34. The van der Waals surface area contributed by atoms with Gasteiger partial charge in [-0.15, -0.1) is 10.2 Å². The summed E-state index contributed by atoms with van der Waals surface area (Å²) in [4.78, 5) is 15.1. The number of rotatable bonds is 3. The number of hydrogen-bond acceptors (Lipinski definition) is 7. The van der Waals surface area contributed by atoms with Gasteiger partial charge in [0, 0.05) is 49.4 Å². The van der Waals surface area contributed by atoms with E-state index < -0.39 is 0 Å². The fourth-order valence-electron chi connectivity index (χ4n) is 3.52. The second-order valence-corrected chi connectivity index (χ2v) is 6.60. The molecule has 8 heteroatoms. The summed E-state index contributed by atoms with van der Waals surface area (Å²) in [6.07, 6.45) is 9.08. The van der Waals surface area contributed by atoms with E-state index in [2.05, 4.69) is 30.0 Å². The summed E-state index contributed by atoms with van der Waals surface area (Å²) in [7, 11) is 0. The van der Waals surface area contributed by atoms with Crippen LogP contribution in [0.5, 0.6) is 0 Å². The minimum absolute atomic E-state index is 0.316. The quantitative estimate of drug-likeness (QED) is 0.556. The maximum absolute atomic E-state index is 4.77. The Morgan fingerprint density at radius 2 is 1.74 bits per heavy atom. The summed E-state index contributed by atoms with van der Waals surface area (Å²) < 4.78 is 1.88. The molecular weight excluding hydrogens is 340 g/mol. The molecule has 0 amide bonds. The third kappa shape index (κ3) is 2.99. The SMILES string of the molecule is c1cnc(N2CCC(c3nnc4ccc(-c5cccnc5)nn34)CC2)nc1. The van der Waals surface area contributed by atoms with Crippen LogP contribution in [0.3, 0.4) is 0 Å². The third-order valence-electron chi connectivity index (χ3n) is 4.94. The molecule has 0 spiro atoms. The van der Waals surface area contributed by atoms with Gasteiger partial charge in [0.15, 0.2) is 11.5 Å². The summed E-state index contributed by atoms with van der Waals surface area (Å²) in [5, 5.41) is 13.5. The van der Waals surface area contributed by atoms with Crippen molar-refractivity contribution in [3.63, 3.8) is 0 Å². The van der Waals surface area contributed by atoms with Crippen LogP contribution in [0.4, 0.5) is 5.95 Å². The molecule has 134 valence electrons. The van der Waals surface area contributed by atoms with Crippen molar-refractivity contribution in [2.24, 2.45) is 0 Å². The lowest BCUT2D eigenvalue weighted by molar-refractivity contribution is 0.473.